The van der Waals surface area contributed by atoms with Crippen molar-refractivity contribution in [3.05, 3.63) is 120 Å². The Morgan fingerprint density at radius 1 is 0.511 bits per heavy atom. The van der Waals surface area contributed by atoms with Crippen molar-refractivity contribution in [1.29, 1.82) is 0 Å². The average Bonchev–Trinajstić information content (AvgIpc) is 3.10. The van der Waals surface area contributed by atoms with Crippen molar-refractivity contribution < 1.29 is 42.1 Å². The summed E-state index contributed by atoms with van der Waals surface area (Å²) in [6.45, 7) is 5.16. The van der Waals surface area contributed by atoms with Gasteiger partial charge in [0.2, 0.25) is 0 Å². The zero-order chi connectivity index (χ0) is 33.4. The largest absolute Gasteiger partial charge is 0.463 e. The van der Waals surface area contributed by atoms with Crippen LogP contribution >= 0.6 is 0 Å². The Labute approximate surface area is 274 Å². The summed E-state index contributed by atoms with van der Waals surface area (Å²) in [4.78, 5) is 24.8. The van der Waals surface area contributed by atoms with Crippen molar-refractivity contribution in [1.82, 2.24) is 0 Å². The van der Waals surface area contributed by atoms with Gasteiger partial charge in [-0.1, -0.05) is 84.9 Å². The molecule has 0 aliphatic rings. The minimum Gasteiger partial charge on any atom is -0.463 e. The average molecular weight is 647 g/mol. The number of hydrogen-bond acceptors (Lipinski definition) is 7. The molecule has 47 heavy (non-hydrogen) atoms. The van der Waals surface area contributed by atoms with Crippen LogP contribution in [0.25, 0.3) is 22.3 Å². The number of benzene rings is 4. The Hall–Kier alpha value is -4.44. The molecule has 0 spiro atoms. The Morgan fingerprint density at radius 3 is 1.19 bits per heavy atom. The highest BCUT2D eigenvalue weighted by Crippen LogP contribution is 2.28. The Balaban J connectivity index is 0.999. The van der Waals surface area contributed by atoms with Crippen LogP contribution in [0.15, 0.2) is 97.1 Å². The van der Waals surface area contributed by atoms with Gasteiger partial charge in [-0.3, -0.25) is 9.59 Å². The highest BCUT2D eigenvalue weighted by atomic mass is 19.1. The van der Waals surface area contributed by atoms with Crippen LogP contribution in [0.5, 0.6) is 0 Å². The first kappa shape index (κ1) is 35.4. The minimum absolute atomic E-state index is 0.0716. The topological polar surface area (TPSA) is 80.3 Å². The molecule has 0 amide bonds. The molecule has 2 unspecified atom stereocenters. The highest BCUT2D eigenvalue weighted by molar-refractivity contribution is 5.79. The first-order chi connectivity index (χ1) is 22.8. The van der Waals surface area contributed by atoms with Crippen LogP contribution in [-0.2, 0) is 33.3 Å². The lowest BCUT2D eigenvalue weighted by Crippen LogP contribution is -2.18. The minimum atomic E-state index is -0.619. The van der Waals surface area contributed by atoms with Gasteiger partial charge < -0.3 is 23.7 Å². The molecule has 248 valence electrons. The van der Waals surface area contributed by atoms with E-state index in [9.17, 15) is 18.4 Å². The third-order valence-electron chi connectivity index (χ3n) is 7.55. The van der Waals surface area contributed by atoms with Gasteiger partial charge in [-0.2, -0.15) is 0 Å². The van der Waals surface area contributed by atoms with E-state index in [0.717, 1.165) is 11.1 Å². The third kappa shape index (κ3) is 10.8. The number of carbonyl (C=O) groups is 2. The van der Waals surface area contributed by atoms with E-state index < -0.39 is 35.4 Å². The first-order valence-electron chi connectivity index (χ1n) is 15.6. The van der Waals surface area contributed by atoms with Gasteiger partial charge in [-0.25, -0.2) is 8.78 Å². The van der Waals surface area contributed by atoms with E-state index in [1.807, 2.05) is 60.7 Å². The van der Waals surface area contributed by atoms with Crippen LogP contribution in [0.4, 0.5) is 8.78 Å². The van der Waals surface area contributed by atoms with Crippen molar-refractivity contribution in [3.63, 3.8) is 0 Å². The molecule has 0 saturated carbocycles. The van der Waals surface area contributed by atoms with E-state index in [2.05, 4.69) is 0 Å². The molecule has 4 rings (SSSR count). The van der Waals surface area contributed by atoms with Crippen LogP contribution in [0.3, 0.4) is 0 Å². The van der Waals surface area contributed by atoms with Gasteiger partial charge in [0.15, 0.2) is 0 Å². The lowest BCUT2D eigenvalue weighted by atomic mass is 9.97. The maximum atomic E-state index is 14.7. The predicted octanol–water partition coefficient (Wildman–Crippen LogP) is 7.34. The van der Waals surface area contributed by atoms with Crippen LogP contribution < -0.4 is 0 Å². The number of halogens is 2. The second-order valence-electron chi connectivity index (χ2n) is 10.8. The maximum Gasteiger partial charge on any atom is 0.313 e. The van der Waals surface area contributed by atoms with Gasteiger partial charge >= 0.3 is 11.9 Å². The van der Waals surface area contributed by atoms with E-state index in [-0.39, 0.29) is 26.4 Å². The molecule has 0 heterocycles. The summed E-state index contributed by atoms with van der Waals surface area (Å²) in [5.41, 5.74) is 3.57. The van der Waals surface area contributed by atoms with Gasteiger partial charge in [0.1, 0.15) is 24.8 Å². The predicted molar refractivity (Wildman–Crippen MR) is 175 cm³/mol. The SMILES string of the molecule is CC(C(=O)OCCOCCOCCOCCOC(=O)C(C)c1ccc(-c2ccccc2)c(F)c1)c1ccc(-c2ccccc2)c(F)c1. The van der Waals surface area contributed by atoms with E-state index in [1.165, 1.54) is 12.1 Å². The zero-order valence-corrected chi connectivity index (χ0v) is 26.7. The molecule has 0 bridgehead atoms. The summed E-state index contributed by atoms with van der Waals surface area (Å²) in [6, 6.07) is 28.0. The number of esters is 2. The molecule has 0 fully saturated rings. The molecule has 0 N–H and O–H groups in total. The zero-order valence-electron chi connectivity index (χ0n) is 26.7. The molecular formula is C38H40F2O7. The fourth-order valence-electron chi connectivity index (χ4n) is 4.77. The highest BCUT2D eigenvalue weighted by Gasteiger charge is 2.20. The summed E-state index contributed by atoms with van der Waals surface area (Å²) in [6.07, 6.45) is 0. The summed E-state index contributed by atoms with van der Waals surface area (Å²) >= 11 is 0. The fourth-order valence-corrected chi connectivity index (χ4v) is 4.77. The van der Waals surface area contributed by atoms with Crippen molar-refractivity contribution in [2.75, 3.05) is 52.9 Å². The Kier molecular flexibility index (Phi) is 14.0. The molecule has 0 aliphatic heterocycles. The second kappa shape index (κ2) is 18.6. The fraction of sp³-hybridized carbons (Fsp3) is 0.316. The normalized spacial score (nSPS) is 12.3. The van der Waals surface area contributed by atoms with Gasteiger partial charge in [0, 0.05) is 11.1 Å². The molecule has 0 aromatic heterocycles. The van der Waals surface area contributed by atoms with Crippen LogP contribution in [0.1, 0.15) is 36.8 Å². The molecule has 9 heteroatoms. The summed E-state index contributed by atoms with van der Waals surface area (Å²) < 4.78 is 56.2. The standard InChI is InChI=1S/C38H40F2O7/c1-27(31-13-15-33(35(39)25-31)29-9-5-3-6-10-29)37(41)46-23-21-44-19-17-43-18-20-45-22-24-47-38(42)28(2)32-14-16-34(36(40)26-32)30-11-7-4-8-12-30/h3-16,25-28H,17-24H2,1-2H3. The van der Waals surface area contributed by atoms with E-state index in [1.54, 1.807) is 38.1 Å². The van der Waals surface area contributed by atoms with E-state index in [0.29, 0.717) is 48.7 Å². The number of rotatable bonds is 18. The Bertz CT molecular complexity index is 1450. The molecular weight excluding hydrogens is 606 g/mol. The van der Waals surface area contributed by atoms with E-state index in [4.69, 9.17) is 23.7 Å². The number of ether oxygens (including phenoxy) is 5. The monoisotopic (exact) mass is 646 g/mol. The van der Waals surface area contributed by atoms with Crippen molar-refractivity contribution in [3.8, 4) is 22.3 Å². The van der Waals surface area contributed by atoms with Gasteiger partial charge in [-0.15, -0.1) is 0 Å². The molecule has 4 aromatic rings. The molecule has 4 aromatic carbocycles. The van der Waals surface area contributed by atoms with Gasteiger partial charge in [0.25, 0.3) is 0 Å². The number of hydrogen-bond donors (Lipinski definition) is 0. The Morgan fingerprint density at radius 2 is 0.851 bits per heavy atom. The first-order valence-corrected chi connectivity index (χ1v) is 15.6. The quantitative estimate of drug-likeness (QED) is 0.0827. The molecule has 7 nitrogen and oxygen atoms in total. The molecule has 0 saturated heterocycles. The third-order valence-corrected chi connectivity index (χ3v) is 7.55. The maximum absolute atomic E-state index is 14.7. The van der Waals surface area contributed by atoms with Crippen LogP contribution in [-0.4, -0.2) is 64.8 Å². The summed E-state index contributed by atoms with van der Waals surface area (Å²) in [5.74, 6) is -2.94. The summed E-state index contributed by atoms with van der Waals surface area (Å²) in [5, 5.41) is 0. The van der Waals surface area contributed by atoms with Crippen molar-refractivity contribution >= 4 is 11.9 Å². The van der Waals surface area contributed by atoms with Crippen molar-refractivity contribution in [2.45, 2.75) is 25.7 Å². The number of carbonyl (C=O) groups excluding carboxylic acids is 2. The second-order valence-corrected chi connectivity index (χ2v) is 10.8. The van der Waals surface area contributed by atoms with Crippen molar-refractivity contribution in [2.24, 2.45) is 0 Å². The van der Waals surface area contributed by atoms with Crippen LogP contribution in [0.2, 0.25) is 0 Å². The molecule has 0 aliphatic carbocycles. The molecule has 2 atom stereocenters. The van der Waals surface area contributed by atoms with Gasteiger partial charge in [0.05, 0.1) is 51.5 Å². The van der Waals surface area contributed by atoms with Crippen LogP contribution in [0, 0.1) is 11.6 Å². The van der Waals surface area contributed by atoms with Gasteiger partial charge in [-0.05, 0) is 48.2 Å². The van der Waals surface area contributed by atoms with E-state index >= 15 is 0 Å². The summed E-state index contributed by atoms with van der Waals surface area (Å²) in [7, 11) is 0. The molecule has 0 radical (unpaired) electrons. The lowest BCUT2D eigenvalue weighted by molar-refractivity contribution is -0.147. The smallest absolute Gasteiger partial charge is 0.313 e. The lowest BCUT2D eigenvalue weighted by Gasteiger charge is -2.14.